The quantitative estimate of drug-likeness (QED) is 0.822. The Morgan fingerprint density at radius 1 is 1.04 bits per heavy atom. The average molecular weight is 390 g/mol. The summed E-state index contributed by atoms with van der Waals surface area (Å²) in [5.74, 6) is 1.18. The molecule has 1 N–H and O–H groups in total. The Morgan fingerprint density at radius 3 is 2.44 bits per heavy atom. The molecule has 0 unspecified atom stereocenters. The van der Waals surface area contributed by atoms with E-state index in [0.29, 0.717) is 23.7 Å². The Bertz CT molecular complexity index is 792. The number of nitrogens with zero attached hydrogens (tertiary/aromatic N) is 2. The third-order valence-corrected chi connectivity index (χ3v) is 4.82. The van der Waals surface area contributed by atoms with Crippen LogP contribution in [0.4, 0.5) is 11.4 Å². The maximum absolute atomic E-state index is 12.4. The molecule has 0 radical (unpaired) electrons. The highest BCUT2D eigenvalue weighted by molar-refractivity contribution is 6.30. The van der Waals surface area contributed by atoms with Crippen LogP contribution in [0.15, 0.2) is 42.5 Å². The van der Waals surface area contributed by atoms with E-state index < -0.39 is 0 Å². The predicted molar refractivity (Wildman–Crippen MR) is 108 cm³/mol. The molecule has 3 rings (SSSR count). The van der Waals surface area contributed by atoms with Gasteiger partial charge < -0.3 is 19.7 Å². The third-order valence-electron chi connectivity index (χ3n) is 4.58. The van der Waals surface area contributed by atoms with Gasteiger partial charge in [0.15, 0.2) is 11.5 Å². The topological polar surface area (TPSA) is 54.0 Å². The van der Waals surface area contributed by atoms with Gasteiger partial charge in [-0.15, -0.1) is 0 Å². The van der Waals surface area contributed by atoms with Gasteiger partial charge in [0.25, 0.3) is 0 Å². The van der Waals surface area contributed by atoms with Crippen LogP contribution >= 0.6 is 11.6 Å². The second kappa shape index (κ2) is 8.97. The van der Waals surface area contributed by atoms with Gasteiger partial charge in [-0.2, -0.15) is 0 Å². The van der Waals surface area contributed by atoms with Gasteiger partial charge in [-0.25, -0.2) is 0 Å². The van der Waals surface area contributed by atoms with E-state index in [2.05, 4.69) is 21.2 Å². The molecular formula is C20H24ClN3O3. The van der Waals surface area contributed by atoms with Crippen molar-refractivity contribution in [2.45, 2.75) is 0 Å². The van der Waals surface area contributed by atoms with Gasteiger partial charge in [0.05, 0.1) is 20.8 Å². The minimum absolute atomic E-state index is 0.0431. The number of carbonyl (C=O) groups is 1. The normalized spacial score (nSPS) is 14.7. The lowest BCUT2D eigenvalue weighted by Crippen LogP contribution is -2.48. The van der Waals surface area contributed by atoms with E-state index in [0.717, 1.165) is 36.9 Å². The van der Waals surface area contributed by atoms with Crippen molar-refractivity contribution in [2.75, 3.05) is 57.2 Å². The fourth-order valence-electron chi connectivity index (χ4n) is 3.15. The molecule has 0 saturated carbocycles. The van der Waals surface area contributed by atoms with Crippen molar-refractivity contribution >= 4 is 28.9 Å². The Morgan fingerprint density at radius 2 is 1.78 bits per heavy atom. The molecule has 0 bridgehead atoms. The first-order valence-electron chi connectivity index (χ1n) is 8.84. The van der Waals surface area contributed by atoms with E-state index in [1.807, 2.05) is 18.2 Å². The first-order chi connectivity index (χ1) is 13.1. The summed E-state index contributed by atoms with van der Waals surface area (Å²) in [7, 11) is 3.15. The molecule has 27 heavy (non-hydrogen) atoms. The summed E-state index contributed by atoms with van der Waals surface area (Å²) >= 11 is 6.07. The highest BCUT2D eigenvalue weighted by atomic mass is 35.5. The van der Waals surface area contributed by atoms with Crippen LogP contribution in [0.1, 0.15) is 0 Å². The van der Waals surface area contributed by atoms with Crippen LogP contribution in [0.3, 0.4) is 0 Å². The summed E-state index contributed by atoms with van der Waals surface area (Å²) in [5.41, 5.74) is 1.81. The molecule has 0 aliphatic carbocycles. The van der Waals surface area contributed by atoms with E-state index >= 15 is 0 Å². The van der Waals surface area contributed by atoms with Crippen LogP contribution in [0.25, 0.3) is 0 Å². The monoisotopic (exact) mass is 389 g/mol. The number of piperazine rings is 1. The number of halogens is 1. The number of benzene rings is 2. The first-order valence-corrected chi connectivity index (χ1v) is 9.21. The third kappa shape index (κ3) is 5.05. The summed E-state index contributed by atoms with van der Waals surface area (Å²) < 4.78 is 10.5. The minimum atomic E-state index is -0.0431. The van der Waals surface area contributed by atoms with Gasteiger partial charge in [-0.1, -0.05) is 17.7 Å². The number of amides is 1. The van der Waals surface area contributed by atoms with E-state index in [4.69, 9.17) is 21.1 Å². The zero-order valence-corrected chi connectivity index (χ0v) is 16.3. The molecule has 1 aliphatic rings. The number of anilines is 2. The molecule has 0 spiro atoms. The number of methoxy groups -OCH3 is 2. The summed E-state index contributed by atoms with van der Waals surface area (Å²) in [6, 6.07) is 13.2. The largest absolute Gasteiger partial charge is 0.493 e. The number of hydrogen-bond acceptors (Lipinski definition) is 5. The summed E-state index contributed by atoms with van der Waals surface area (Å²) in [6.07, 6.45) is 0. The number of nitrogens with one attached hydrogen (secondary N) is 1. The molecule has 2 aromatic rings. The number of ether oxygens (including phenoxy) is 2. The van der Waals surface area contributed by atoms with Crippen molar-refractivity contribution < 1.29 is 14.3 Å². The van der Waals surface area contributed by atoms with E-state index in [1.165, 1.54) is 0 Å². The molecule has 0 aromatic heterocycles. The van der Waals surface area contributed by atoms with Crippen LogP contribution < -0.4 is 19.7 Å². The van der Waals surface area contributed by atoms with Crippen molar-refractivity contribution in [3.63, 3.8) is 0 Å². The molecule has 1 heterocycles. The summed E-state index contributed by atoms with van der Waals surface area (Å²) in [4.78, 5) is 16.8. The maximum atomic E-state index is 12.4. The average Bonchev–Trinajstić information content (AvgIpc) is 2.68. The van der Waals surface area contributed by atoms with Gasteiger partial charge in [-0.05, 0) is 30.3 Å². The molecule has 7 heteroatoms. The van der Waals surface area contributed by atoms with Crippen LogP contribution in [0.2, 0.25) is 5.02 Å². The summed E-state index contributed by atoms with van der Waals surface area (Å²) in [6.45, 7) is 3.74. The predicted octanol–water partition coefficient (Wildman–Crippen LogP) is 3.12. The van der Waals surface area contributed by atoms with Crippen molar-refractivity contribution in [1.29, 1.82) is 0 Å². The first kappa shape index (κ1) is 19.3. The molecule has 1 fully saturated rings. The highest BCUT2D eigenvalue weighted by Crippen LogP contribution is 2.29. The van der Waals surface area contributed by atoms with Gasteiger partial charge in [0, 0.05) is 48.6 Å². The fraction of sp³-hybridized carbons (Fsp3) is 0.350. The van der Waals surface area contributed by atoms with Crippen LogP contribution in [-0.4, -0.2) is 57.8 Å². The molecule has 0 atom stereocenters. The Hall–Kier alpha value is -2.44. The van der Waals surface area contributed by atoms with Gasteiger partial charge >= 0.3 is 0 Å². The van der Waals surface area contributed by atoms with E-state index in [-0.39, 0.29) is 5.91 Å². The zero-order valence-electron chi connectivity index (χ0n) is 15.6. The highest BCUT2D eigenvalue weighted by Gasteiger charge is 2.19. The number of rotatable bonds is 6. The second-order valence-electron chi connectivity index (χ2n) is 6.36. The van der Waals surface area contributed by atoms with Gasteiger partial charge in [0.1, 0.15) is 0 Å². The molecule has 1 amide bonds. The van der Waals surface area contributed by atoms with Gasteiger partial charge in [0.2, 0.25) is 5.91 Å². The zero-order chi connectivity index (χ0) is 19.2. The van der Waals surface area contributed by atoms with Crippen molar-refractivity contribution in [1.82, 2.24) is 4.90 Å². The molecule has 144 valence electrons. The lowest BCUT2D eigenvalue weighted by atomic mass is 10.2. The fourth-order valence-corrected chi connectivity index (χ4v) is 3.34. The molecular weight excluding hydrogens is 366 g/mol. The SMILES string of the molecule is COc1ccc(NC(=O)CN2CCN(c3cccc(Cl)c3)CC2)cc1OC. The molecule has 6 nitrogen and oxygen atoms in total. The lowest BCUT2D eigenvalue weighted by molar-refractivity contribution is -0.117. The van der Waals surface area contributed by atoms with Crippen LogP contribution in [0.5, 0.6) is 11.5 Å². The number of carbonyl (C=O) groups excluding carboxylic acids is 1. The van der Waals surface area contributed by atoms with Crippen molar-refractivity contribution in [2.24, 2.45) is 0 Å². The Balaban J connectivity index is 1.51. The van der Waals surface area contributed by atoms with Crippen molar-refractivity contribution in [3.8, 4) is 11.5 Å². The smallest absolute Gasteiger partial charge is 0.238 e. The Kier molecular flexibility index (Phi) is 6.42. The van der Waals surface area contributed by atoms with Crippen LogP contribution in [-0.2, 0) is 4.79 Å². The summed E-state index contributed by atoms with van der Waals surface area (Å²) in [5, 5.41) is 3.66. The minimum Gasteiger partial charge on any atom is -0.493 e. The van der Waals surface area contributed by atoms with Gasteiger partial charge in [-0.3, -0.25) is 9.69 Å². The molecule has 1 saturated heterocycles. The lowest BCUT2D eigenvalue weighted by Gasteiger charge is -2.35. The van der Waals surface area contributed by atoms with Crippen LogP contribution in [0, 0.1) is 0 Å². The second-order valence-corrected chi connectivity index (χ2v) is 6.80. The maximum Gasteiger partial charge on any atom is 0.238 e. The van der Waals surface area contributed by atoms with E-state index in [9.17, 15) is 4.79 Å². The standard InChI is InChI=1S/C20H24ClN3O3/c1-26-18-7-6-16(13-19(18)27-2)22-20(25)14-23-8-10-24(11-9-23)17-5-3-4-15(21)12-17/h3-7,12-13H,8-11,14H2,1-2H3,(H,22,25). The van der Waals surface area contributed by atoms with E-state index in [1.54, 1.807) is 32.4 Å². The van der Waals surface area contributed by atoms with Crippen molar-refractivity contribution in [3.05, 3.63) is 47.5 Å². The number of hydrogen-bond donors (Lipinski definition) is 1. The molecule has 2 aromatic carbocycles. The Labute approximate surface area is 164 Å². The molecule has 1 aliphatic heterocycles.